The molecular weight excluding hydrogens is 346 g/mol. The second-order valence-corrected chi connectivity index (χ2v) is 8.27. The number of nitrogens with one attached hydrogen (secondary N) is 2. The quantitative estimate of drug-likeness (QED) is 0.747. The first-order valence-electron chi connectivity index (χ1n) is 7.07. The summed E-state index contributed by atoms with van der Waals surface area (Å²) in [4.78, 5) is 16.9. The highest BCUT2D eigenvalue weighted by Crippen LogP contribution is 2.25. The number of aryl methyl sites for hydroxylation is 1. The Hall–Kier alpha value is -2.45. The number of carbonyl (C=O) groups is 1. The van der Waals surface area contributed by atoms with Gasteiger partial charge in [-0.1, -0.05) is 12.1 Å². The van der Waals surface area contributed by atoms with Crippen molar-refractivity contribution in [1.82, 2.24) is 4.98 Å². The zero-order valence-electron chi connectivity index (χ0n) is 13.0. The number of anilines is 2. The van der Waals surface area contributed by atoms with Crippen LogP contribution in [0.5, 0.6) is 0 Å². The van der Waals surface area contributed by atoms with Crippen molar-refractivity contribution >= 4 is 48.9 Å². The lowest BCUT2D eigenvalue weighted by atomic mass is 10.1. The van der Waals surface area contributed by atoms with Crippen LogP contribution in [0.25, 0.3) is 10.2 Å². The van der Waals surface area contributed by atoms with Gasteiger partial charge >= 0.3 is 0 Å². The number of aromatic nitrogens is 1. The Kier molecular flexibility index (Phi) is 4.25. The van der Waals surface area contributed by atoms with Crippen molar-refractivity contribution in [2.24, 2.45) is 0 Å². The Morgan fingerprint density at radius 1 is 1.17 bits per heavy atom. The van der Waals surface area contributed by atoms with E-state index >= 15 is 0 Å². The predicted octanol–water partition coefficient (Wildman–Crippen LogP) is 3.23. The maximum atomic E-state index is 12.5. The van der Waals surface area contributed by atoms with E-state index in [0.29, 0.717) is 5.69 Å². The van der Waals surface area contributed by atoms with E-state index in [2.05, 4.69) is 15.0 Å². The summed E-state index contributed by atoms with van der Waals surface area (Å²) in [6.45, 7) is 1.93. The third kappa shape index (κ3) is 3.72. The lowest BCUT2D eigenvalue weighted by Gasteiger charge is -2.11. The first-order valence-corrected chi connectivity index (χ1v) is 9.78. The molecule has 8 heteroatoms. The second kappa shape index (κ2) is 6.21. The number of hydrogen-bond donors (Lipinski definition) is 2. The highest BCUT2D eigenvalue weighted by molar-refractivity contribution is 7.92. The van der Waals surface area contributed by atoms with Crippen molar-refractivity contribution in [2.75, 3.05) is 16.3 Å². The lowest BCUT2D eigenvalue weighted by molar-refractivity contribution is 0.102. The molecule has 0 aliphatic rings. The standard InChI is InChI=1S/C16H15N3O3S2/c1-10-17-14-8-7-11(9-15(14)23-10)18-16(20)12-5-3-4-6-13(12)19-24(2,21)22/h3-9,19H,1-2H3,(H,18,20). The summed E-state index contributed by atoms with van der Waals surface area (Å²) in [6.07, 6.45) is 1.04. The van der Waals surface area contributed by atoms with E-state index in [1.807, 2.05) is 19.1 Å². The number of fused-ring (bicyclic) bond motifs is 1. The van der Waals surface area contributed by atoms with Crippen LogP contribution < -0.4 is 10.0 Å². The van der Waals surface area contributed by atoms with E-state index in [1.165, 1.54) is 0 Å². The number of thiazole rings is 1. The molecule has 0 aliphatic heterocycles. The van der Waals surface area contributed by atoms with Crippen LogP contribution in [-0.2, 0) is 10.0 Å². The topological polar surface area (TPSA) is 88.2 Å². The molecule has 2 N–H and O–H groups in total. The fourth-order valence-electron chi connectivity index (χ4n) is 2.29. The summed E-state index contributed by atoms with van der Waals surface area (Å²) in [5.41, 5.74) is 2.01. The van der Waals surface area contributed by atoms with Crippen molar-refractivity contribution in [3.63, 3.8) is 0 Å². The minimum atomic E-state index is -3.47. The molecular formula is C16H15N3O3S2. The van der Waals surface area contributed by atoms with Crippen LogP contribution in [0.4, 0.5) is 11.4 Å². The van der Waals surface area contributed by atoms with Crippen molar-refractivity contribution in [2.45, 2.75) is 6.92 Å². The molecule has 3 aromatic rings. The number of hydrogen-bond acceptors (Lipinski definition) is 5. The van der Waals surface area contributed by atoms with Crippen LogP contribution in [-0.4, -0.2) is 25.6 Å². The molecule has 1 amide bonds. The molecule has 0 aliphatic carbocycles. The molecule has 0 saturated heterocycles. The fourth-order valence-corrected chi connectivity index (χ4v) is 3.73. The van der Waals surface area contributed by atoms with Gasteiger partial charge in [-0.15, -0.1) is 11.3 Å². The Labute approximate surface area is 143 Å². The molecule has 3 rings (SSSR count). The summed E-state index contributed by atoms with van der Waals surface area (Å²) in [7, 11) is -3.47. The number of amides is 1. The van der Waals surface area contributed by atoms with Crippen molar-refractivity contribution in [3.8, 4) is 0 Å². The smallest absolute Gasteiger partial charge is 0.257 e. The van der Waals surface area contributed by atoms with Crippen molar-refractivity contribution in [3.05, 3.63) is 53.0 Å². The molecule has 1 aromatic heterocycles. The molecule has 2 aromatic carbocycles. The summed E-state index contributed by atoms with van der Waals surface area (Å²) >= 11 is 1.55. The Bertz CT molecular complexity index is 1030. The van der Waals surface area contributed by atoms with E-state index in [0.717, 1.165) is 21.5 Å². The molecule has 0 radical (unpaired) electrons. The van der Waals surface area contributed by atoms with Crippen LogP contribution in [0.1, 0.15) is 15.4 Å². The van der Waals surface area contributed by atoms with Gasteiger partial charge in [-0.05, 0) is 37.3 Å². The maximum Gasteiger partial charge on any atom is 0.257 e. The SMILES string of the molecule is Cc1nc2ccc(NC(=O)c3ccccc3NS(C)(=O)=O)cc2s1. The van der Waals surface area contributed by atoms with Crippen LogP contribution in [0, 0.1) is 6.92 Å². The molecule has 0 bridgehead atoms. The van der Waals surface area contributed by atoms with Gasteiger partial charge in [0.25, 0.3) is 5.91 Å². The van der Waals surface area contributed by atoms with Gasteiger partial charge in [0.15, 0.2) is 0 Å². The molecule has 1 heterocycles. The average Bonchev–Trinajstić information content (AvgIpc) is 2.85. The van der Waals surface area contributed by atoms with Gasteiger partial charge in [0.2, 0.25) is 10.0 Å². The third-order valence-corrected chi connectivity index (χ3v) is 4.74. The summed E-state index contributed by atoms with van der Waals surface area (Å²) in [5, 5.41) is 3.75. The summed E-state index contributed by atoms with van der Waals surface area (Å²) in [5.74, 6) is -0.387. The molecule has 24 heavy (non-hydrogen) atoms. The minimum Gasteiger partial charge on any atom is -0.322 e. The zero-order valence-corrected chi connectivity index (χ0v) is 14.7. The fraction of sp³-hybridized carbons (Fsp3) is 0.125. The molecule has 6 nitrogen and oxygen atoms in total. The monoisotopic (exact) mass is 361 g/mol. The Morgan fingerprint density at radius 3 is 2.67 bits per heavy atom. The van der Waals surface area contributed by atoms with E-state index in [1.54, 1.807) is 41.7 Å². The van der Waals surface area contributed by atoms with Crippen molar-refractivity contribution < 1.29 is 13.2 Å². The molecule has 124 valence electrons. The van der Waals surface area contributed by atoms with E-state index in [9.17, 15) is 13.2 Å². The number of benzene rings is 2. The summed E-state index contributed by atoms with van der Waals surface area (Å²) < 4.78 is 26.2. The van der Waals surface area contributed by atoms with Crippen LogP contribution in [0.3, 0.4) is 0 Å². The average molecular weight is 361 g/mol. The molecule has 0 atom stereocenters. The molecule has 0 saturated carbocycles. The number of nitrogens with zero attached hydrogens (tertiary/aromatic N) is 1. The zero-order chi connectivity index (χ0) is 17.3. The van der Waals surface area contributed by atoms with Gasteiger partial charge in [0, 0.05) is 5.69 Å². The number of rotatable bonds is 4. The van der Waals surface area contributed by atoms with Crippen molar-refractivity contribution in [1.29, 1.82) is 0 Å². The van der Waals surface area contributed by atoms with E-state index in [4.69, 9.17) is 0 Å². The number of para-hydroxylation sites is 1. The number of carbonyl (C=O) groups excluding carboxylic acids is 1. The Balaban J connectivity index is 1.88. The molecule has 0 fully saturated rings. The maximum absolute atomic E-state index is 12.5. The molecule has 0 spiro atoms. The normalized spacial score (nSPS) is 11.4. The highest BCUT2D eigenvalue weighted by atomic mass is 32.2. The van der Waals surface area contributed by atoms with Gasteiger partial charge in [-0.2, -0.15) is 0 Å². The first-order chi connectivity index (χ1) is 11.3. The van der Waals surface area contributed by atoms with E-state index in [-0.39, 0.29) is 17.2 Å². The second-order valence-electron chi connectivity index (χ2n) is 5.29. The largest absolute Gasteiger partial charge is 0.322 e. The van der Waals surface area contributed by atoms with Crippen LogP contribution in [0.2, 0.25) is 0 Å². The van der Waals surface area contributed by atoms with Gasteiger partial charge in [-0.3, -0.25) is 9.52 Å². The van der Waals surface area contributed by atoms with Gasteiger partial charge in [0.05, 0.1) is 32.7 Å². The van der Waals surface area contributed by atoms with Crippen LogP contribution >= 0.6 is 11.3 Å². The Morgan fingerprint density at radius 2 is 1.92 bits per heavy atom. The first kappa shape index (κ1) is 16.4. The van der Waals surface area contributed by atoms with Gasteiger partial charge < -0.3 is 5.32 Å². The highest BCUT2D eigenvalue weighted by Gasteiger charge is 2.14. The van der Waals surface area contributed by atoms with Gasteiger partial charge in [0.1, 0.15) is 0 Å². The predicted molar refractivity (Wildman–Crippen MR) is 97.2 cm³/mol. The summed E-state index contributed by atoms with van der Waals surface area (Å²) in [6, 6.07) is 11.9. The lowest BCUT2D eigenvalue weighted by Crippen LogP contribution is -2.17. The van der Waals surface area contributed by atoms with Crippen LogP contribution in [0.15, 0.2) is 42.5 Å². The number of sulfonamides is 1. The van der Waals surface area contributed by atoms with Gasteiger partial charge in [-0.25, -0.2) is 13.4 Å². The molecule has 0 unspecified atom stereocenters. The third-order valence-electron chi connectivity index (χ3n) is 3.22. The van der Waals surface area contributed by atoms with E-state index < -0.39 is 10.0 Å². The minimum absolute atomic E-state index is 0.243.